The summed E-state index contributed by atoms with van der Waals surface area (Å²) >= 11 is 3.43. The number of nitrogens with one attached hydrogen (secondary N) is 1. The first-order chi connectivity index (χ1) is 8.26. The van der Waals surface area contributed by atoms with Gasteiger partial charge in [0, 0.05) is 11.0 Å². The van der Waals surface area contributed by atoms with Crippen LogP contribution in [0.2, 0.25) is 0 Å². The van der Waals surface area contributed by atoms with Crippen molar-refractivity contribution in [2.24, 2.45) is 5.92 Å². The van der Waals surface area contributed by atoms with Crippen molar-refractivity contribution in [3.63, 3.8) is 0 Å². The van der Waals surface area contributed by atoms with E-state index in [1.165, 1.54) is 12.8 Å². The molecule has 0 aliphatic carbocycles. The molecule has 1 aromatic rings. The van der Waals surface area contributed by atoms with Gasteiger partial charge in [-0.05, 0) is 30.7 Å². The predicted molar refractivity (Wildman–Crippen MR) is 76.6 cm³/mol. The lowest BCUT2D eigenvalue weighted by atomic mass is 10.0. The molecule has 2 nitrogen and oxygen atoms in total. The summed E-state index contributed by atoms with van der Waals surface area (Å²) in [5.41, 5.74) is 0. The average Bonchev–Trinajstić information content (AvgIpc) is 2.34. The minimum absolute atomic E-state index is 0.719. The molecule has 0 spiro atoms. The zero-order valence-corrected chi connectivity index (χ0v) is 12.3. The molecule has 0 aromatic heterocycles. The number of benzene rings is 1. The highest BCUT2D eigenvalue weighted by molar-refractivity contribution is 9.10. The van der Waals surface area contributed by atoms with Crippen LogP contribution < -0.4 is 10.1 Å². The molecule has 1 rings (SSSR count). The van der Waals surface area contributed by atoms with Crippen molar-refractivity contribution in [3.05, 3.63) is 28.7 Å². The van der Waals surface area contributed by atoms with Crippen LogP contribution in [0.25, 0.3) is 0 Å². The van der Waals surface area contributed by atoms with Gasteiger partial charge in [-0.1, -0.05) is 48.7 Å². The summed E-state index contributed by atoms with van der Waals surface area (Å²) < 4.78 is 6.70. The van der Waals surface area contributed by atoms with Gasteiger partial charge in [0.25, 0.3) is 0 Å². The summed E-state index contributed by atoms with van der Waals surface area (Å²) in [5, 5.41) is 3.44. The van der Waals surface area contributed by atoms with Gasteiger partial charge in [-0.25, -0.2) is 0 Å². The fourth-order valence-electron chi connectivity index (χ4n) is 1.68. The van der Waals surface area contributed by atoms with E-state index in [0.29, 0.717) is 0 Å². The van der Waals surface area contributed by atoms with Gasteiger partial charge >= 0.3 is 0 Å². The van der Waals surface area contributed by atoms with Crippen molar-refractivity contribution in [2.45, 2.75) is 26.7 Å². The van der Waals surface area contributed by atoms with Crippen LogP contribution in [-0.4, -0.2) is 19.7 Å². The van der Waals surface area contributed by atoms with Gasteiger partial charge in [-0.2, -0.15) is 0 Å². The Balaban J connectivity index is 2.12. The molecule has 0 aliphatic rings. The number of ether oxygens (including phenoxy) is 1. The molecule has 0 unspecified atom stereocenters. The molecule has 1 aromatic carbocycles. The Bertz CT molecular complexity index is 313. The van der Waals surface area contributed by atoms with Crippen LogP contribution in [0.5, 0.6) is 5.75 Å². The molecular formula is C14H22BrNO. The van der Waals surface area contributed by atoms with Crippen LogP contribution in [-0.2, 0) is 0 Å². The van der Waals surface area contributed by atoms with Crippen LogP contribution >= 0.6 is 15.9 Å². The molecule has 0 radical (unpaired) electrons. The number of rotatable bonds is 8. The Labute approximate surface area is 113 Å². The van der Waals surface area contributed by atoms with Crippen molar-refractivity contribution in [1.82, 2.24) is 5.32 Å². The molecule has 17 heavy (non-hydrogen) atoms. The maximum atomic E-state index is 5.64. The van der Waals surface area contributed by atoms with Crippen molar-refractivity contribution < 1.29 is 4.74 Å². The maximum absolute atomic E-state index is 5.64. The van der Waals surface area contributed by atoms with Crippen LogP contribution in [0.1, 0.15) is 26.7 Å². The van der Waals surface area contributed by atoms with Crippen molar-refractivity contribution in [3.8, 4) is 5.75 Å². The second-order valence-electron chi connectivity index (χ2n) is 4.19. The van der Waals surface area contributed by atoms with E-state index < -0.39 is 0 Å². The molecule has 0 saturated carbocycles. The quantitative estimate of drug-likeness (QED) is 0.736. The maximum Gasteiger partial charge on any atom is 0.120 e. The second kappa shape index (κ2) is 8.54. The SMILES string of the molecule is CCC(CC)CNCCOc1cccc(Br)c1. The van der Waals surface area contributed by atoms with Gasteiger partial charge in [0.2, 0.25) is 0 Å². The molecule has 0 fully saturated rings. The third kappa shape index (κ3) is 6.08. The smallest absolute Gasteiger partial charge is 0.120 e. The van der Waals surface area contributed by atoms with Crippen molar-refractivity contribution >= 4 is 15.9 Å². The molecule has 0 amide bonds. The Morgan fingerprint density at radius 2 is 2.06 bits per heavy atom. The summed E-state index contributed by atoms with van der Waals surface area (Å²) in [6.45, 7) is 7.20. The molecule has 1 N–H and O–H groups in total. The fraction of sp³-hybridized carbons (Fsp3) is 0.571. The van der Waals surface area contributed by atoms with Gasteiger partial charge in [-0.15, -0.1) is 0 Å². The summed E-state index contributed by atoms with van der Waals surface area (Å²) in [6.07, 6.45) is 2.49. The first kappa shape index (κ1) is 14.5. The largest absolute Gasteiger partial charge is 0.492 e. The lowest BCUT2D eigenvalue weighted by Gasteiger charge is -2.13. The van der Waals surface area contributed by atoms with Gasteiger partial charge < -0.3 is 10.1 Å². The van der Waals surface area contributed by atoms with Crippen LogP contribution in [0, 0.1) is 5.92 Å². The van der Waals surface area contributed by atoms with E-state index in [9.17, 15) is 0 Å². The van der Waals surface area contributed by atoms with Gasteiger partial charge in [0.15, 0.2) is 0 Å². The number of halogens is 1. The van der Waals surface area contributed by atoms with Crippen LogP contribution in [0.3, 0.4) is 0 Å². The first-order valence-corrected chi connectivity index (χ1v) is 7.14. The van der Waals surface area contributed by atoms with Crippen LogP contribution in [0.15, 0.2) is 28.7 Å². The van der Waals surface area contributed by atoms with Crippen molar-refractivity contribution in [2.75, 3.05) is 19.7 Å². The Kier molecular flexibility index (Phi) is 7.29. The monoisotopic (exact) mass is 299 g/mol. The van der Waals surface area contributed by atoms with E-state index in [-0.39, 0.29) is 0 Å². The zero-order chi connectivity index (χ0) is 12.5. The Hall–Kier alpha value is -0.540. The third-order valence-corrected chi connectivity index (χ3v) is 3.42. The highest BCUT2D eigenvalue weighted by Crippen LogP contribution is 2.17. The van der Waals surface area contributed by atoms with Crippen molar-refractivity contribution in [1.29, 1.82) is 0 Å². The predicted octanol–water partition coefficient (Wildman–Crippen LogP) is 3.85. The van der Waals surface area contributed by atoms with Gasteiger partial charge in [-0.3, -0.25) is 0 Å². The number of hydrogen-bond acceptors (Lipinski definition) is 2. The van der Waals surface area contributed by atoms with E-state index >= 15 is 0 Å². The molecule has 0 aliphatic heterocycles. The second-order valence-corrected chi connectivity index (χ2v) is 5.11. The van der Waals surface area contributed by atoms with Gasteiger partial charge in [0.1, 0.15) is 12.4 Å². The summed E-state index contributed by atoms with van der Waals surface area (Å²) in [7, 11) is 0. The van der Waals surface area contributed by atoms with E-state index in [2.05, 4.69) is 35.1 Å². The third-order valence-electron chi connectivity index (χ3n) is 2.93. The van der Waals surface area contributed by atoms with E-state index in [4.69, 9.17) is 4.74 Å². The van der Waals surface area contributed by atoms with E-state index in [1.54, 1.807) is 0 Å². The van der Waals surface area contributed by atoms with Gasteiger partial charge in [0.05, 0.1) is 0 Å². The molecule has 0 saturated heterocycles. The highest BCUT2D eigenvalue weighted by Gasteiger charge is 2.01. The molecule has 0 bridgehead atoms. The Morgan fingerprint density at radius 1 is 1.29 bits per heavy atom. The van der Waals surface area contributed by atoms with Crippen LogP contribution in [0.4, 0.5) is 0 Å². The number of hydrogen-bond donors (Lipinski definition) is 1. The summed E-state index contributed by atoms with van der Waals surface area (Å²) in [4.78, 5) is 0. The fourth-order valence-corrected chi connectivity index (χ4v) is 2.06. The molecular weight excluding hydrogens is 278 g/mol. The zero-order valence-electron chi connectivity index (χ0n) is 10.7. The first-order valence-electron chi connectivity index (χ1n) is 6.35. The van der Waals surface area contributed by atoms with E-state index in [0.717, 1.165) is 35.8 Å². The Morgan fingerprint density at radius 3 is 2.71 bits per heavy atom. The normalized spacial score (nSPS) is 10.8. The van der Waals surface area contributed by atoms with E-state index in [1.807, 2.05) is 24.3 Å². The minimum atomic E-state index is 0.719. The lowest BCUT2D eigenvalue weighted by molar-refractivity contribution is 0.307. The lowest BCUT2D eigenvalue weighted by Crippen LogP contribution is -2.26. The average molecular weight is 300 g/mol. The molecule has 96 valence electrons. The molecule has 0 atom stereocenters. The topological polar surface area (TPSA) is 21.3 Å². The molecule has 3 heteroatoms. The minimum Gasteiger partial charge on any atom is -0.492 e. The standard InChI is InChI=1S/C14H22BrNO/c1-3-12(4-2)11-16-8-9-17-14-7-5-6-13(15)10-14/h5-7,10,12,16H,3-4,8-9,11H2,1-2H3. The highest BCUT2D eigenvalue weighted by atomic mass is 79.9. The summed E-state index contributed by atoms with van der Waals surface area (Å²) in [6, 6.07) is 7.95. The molecule has 0 heterocycles. The summed E-state index contributed by atoms with van der Waals surface area (Å²) in [5.74, 6) is 1.71.